The molecule has 1 aliphatic heterocycles. The number of aromatic nitrogens is 2. The van der Waals surface area contributed by atoms with Crippen LogP contribution < -0.4 is 5.73 Å². The highest BCUT2D eigenvalue weighted by molar-refractivity contribution is 5.81. The standard InChI is InChI=1S/C12H17N5/c1-12(10-6-14-4-5-15-10)8-16-11(13)17(12)7-9-2-3-9/h4-6,9H,2-3,7-8H2,1H3,(H2,13,16). The molecule has 3 rings (SSSR count). The topological polar surface area (TPSA) is 67.4 Å². The van der Waals surface area contributed by atoms with E-state index in [1.54, 1.807) is 12.4 Å². The lowest BCUT2D eigenvalue weighted by Gasteiger charge is -2.35. The van der Waals surface area contributed by atoms with Crippen LogP contribution in [0.2, 0.25) is 0 Å². The minimum atomic E-state index is -0.221. The fraction of sp³-hybridized carbons (Fsp3) is 0.583. The molecule has 1 atom stereocenters. The van der Waals surface area contributed by atoms with Crippen molar-refractivity contribution >= 4 is 5.96 Å². The quantitative estimate of drug-likeness (QED) is 0.833. The molecule has 1 aromatic heterocycles. The molecule has 0 saturated heterocycles. The van der Waals surface area contributed by atoms with Gasteiger partial charge in [0.15, 0.2) is 5.96 Å². The van der Waals surface area contributed by atoms with Crippen molar-refractivity contribution in [1.82, 2.24) is 14.9 Å². The summed E-state index contributed by atoms with van der Waals surface area (Å²) in [5, 5.41) is 0. The van der Waals surface area contributed by atoms with Crippen molar-refractivity contribution < 1.29 is 0 Å². The third-order valence-corrected chi connectivity index (χ3v) is 3.67. The Morgan fingerprint density at radius 1 is 1.47 bits per heavy atom. The zero-order valence-electron chi connectivity index (χ0n) is 10.0. The van der Waals surface area contributed by atoms with Crippen LogP contribution in [0.1, 0.15) is 25.5 Å². The first-order valence-corrected chi connectivity index (χ1v) is 6.04. The van der Waals surface area contributed by atoms with E-state index >= 15 is 0 Å². The molecule has 1 saturated carbocycles. The van der Waals surface area contributed by atoms with Gasteiger partial charge in [-0.1, -0.05) is 0 Å². The van der Waals surface area contributed by atoms with E-state index in [4.69, 9.17) is 5.73 Å². The molecule has 0 bridgehead atoms. The molecule has 2 aliphatic rings. The summed E-state index contributed by atoms with van der Waals surface area (Å²) >= 11 is 0. The zero-order valence-corrected chi connectivity index (χ0v) is 10.0. The van der Waals surface area contributed by atoms with Crippen molar-refractivity contribution in [3.8, 4) is 0 Å². The van der Waals surface area contributed by atoms with Crippen molar-refractivity contribution in [2.24, 2.45) is 16.6 Å². The van der Waals surface area contributed by atoms with Crippen LogP contribution in [-0.2, 0) is 5.54 Å². The molecule has 90 valence electrons. The molecule has 5 nitrogen and oxygen atoms in total. The number of nitrogens with zero attached hydrogens (tertiary/aromatic N) is 4. The van der Waals surface area contributed by atoms with Gasteiger partial charge in [0, 0.05) is 18.9 Å². The lowest BCUT2D eigenvalue weighted by atomic mass is 9.97. The fourth-order valence-corrected chi connectivity index (χ4v) is 2.31. The summed E-state index contributed by atoms with van der Waals surface area (Å²) in [5.41, 5.74) is 6.72. The number of nitrogens with two attached hydrogens (primary N) is 1. The Kier molecular flexibility index (Phi) is 2.28. The van der Waals surface area contributed by atoms with E-state index in [-0.39, 0.29) is 5.54 Å². The average molecular weight is 231 g/mol. The second-order valence-electron chi connectivity index (χ2n) is 5.09. The average Bonchev–Trinajstić information content (AvgIpc) is 3.13. The molecule has 0 aromatic carbocycles. The van der Waals surface area contributed by atoms with Gasteiger partial charge in [-0.25, -0.2) is 0 Å². The Labute approximate surface area is 101 Å². The lowest BCUT2D eigenvalue weighted by Crippen LogP contribution is -2.48. The van der Waals surface area contributed by atoms with E-state index in [0.717, 1.165) is 18.2 Å². The minimum Gasteiger partial charge on any atom is -0.370 e. The summed E-state index contributed by atoms with van der Waals surface area (Å²) in [5.74, 6) is 1.42. The third kappa shape index (κ3) is 1.75. The van der Waals surface area contributed by atoms with E-state index < -0.39 is 0 Å². The van der Waals surface area contributed by atoms with E-state index in [1.165, 1.54) is 12.8 Å². The summed E-state index contributed by atoms with van der Waals surface area (Å²) in [7, 11) is 0. The molecule has 17 heavy (non-hydrogen) atoms. The molecule has 1 fully saturated rings. The second-order valence-corrected chi connectivity index (χ2v) is 5.09. The normalized spacial score (nSPS) is 28.3. The second kappa shape index (κ2) is 3.68. The number of rotatable bonds is 3. The van der Waals surface area contributed by atoms with E-state index in [0.29, 0.717) is 12.5 Å². The first kappa shape index (κ1) is 10.5. The number of hydrogen-bond acceptors (Lipinski definition) is 5. The molecular formula is C12H17N5. The Morgan fingerprint density at radius 2 is 2.29 bits per heavy atom. The van der Waals surface area contributed by atoms with Crippen LogP contribution in [0.3, 0.4) is 0 Å². The van der Waals surface area contributed by atoms with Gasteiger partial charge in [0.25, 0.3) is 0 Å². The molecule has 0 radical (unpaired) electrons. The van der Waals surface area contributed by atoms with Crippen molar-refractivity contribution in [3.05, 3.63) is 24.3 Å². The largest absolute Gasteiger partial charge is 0.370 e. The molecule has 1 aliphatic carbocycles. The molecule has 5 heteroatoms. The van der Waals surface area contributed by atoms with Gasteiger partial charge in [0.2, 0.25) is 0 Å². The van der Waals surface area contributed by atoms with E-state index in [1.807, 2.05) is 6.20 Å². The number of hydrogen-bond donors (Lipinski definition) is 1. The molecule has 2 N–H and O–H groups in total. The van der Waals surface area contributed by atoms with Crippen molar-refractivity contribution in [2.45, 2.75) is 25.3 Å². The maximum Gasteiger partial charge on any atom is 0.192 e. The van der Waals surface area contributed by atoms with Crippen LogP contribution in [0.5, 0.6) is 0 Å². The van der Waals surface area contributed by atoms with Crippen LogP contribution in [0.4, 0.5) is 0 Å². The van der Waals surface area contributed by atoms with Gasteiger partial charge in [-0.2, -0.15) is 0 Å². The van der Waals surface area contributed by atoms with Crippen LogP contribution in [0, 0.1) is 5.92 Å². The first-order valence-electron chi connectivity index (χ1n) is 6.04. The molecule has 1 unspecified atom stereocenters. The summed E-state index contributed by atoms with van der Waals surface area (Å²) in [6.07, 6.45) is 7.84. The van der Waals surface area contributed by atoms with Gasteiger partial charge in [-0.15, -0.1) is 0 Å². The maximum absolute atomic E-state index is 6.00. The van der Waals surface area contributed by atoms with E-state index in [2.05, 4.69) is 26.8 Å². The number of guanidine groups is 1. The van der Waals surface area contributed by atoms with Crippen molar-refractivity contribution in [3.63, 3.8) is 0 Å². The molecule has 0 amide bonds. The Morgan fingerprint density at radius 3 is 2.94 bits per heavy atom. The zero-order chi connectivity index (χ0) is 11.9. The van der Waals surface area contributed by atoms with Crippen LogP contribution in [-0.4, -0.2) is 33.9 Å². The van der Waals surface area contributed by atoms with E-state index in [9.17, 15) is 0 Å². The Hall–Kier alpha value is -1.65. The predicted octanol–water partition coefficient (Wildman–Crippen LogP) is 0.732. The van der Waals surface area contributed by atoms with Crippen LogP contribution in [0.15, 0.2) is 23.6 Å². The third-order valence-electron chi connectivity index (χ3n) is 3.67. The Balaban J connectivity index is 1.90. The highest BCUT2D eigenvalue weighted by Gasteiger charge is 2.43. The first-order chi connectivity index (χ1) is 8.20. The van der Waals surface area contributed by atoms with Gasteiger partial charge < -0.3 is 10.6 Å². The SMILES string of the molecule is CC1(c2cnccn2)CN=C(N)N1CC1CC1. The molecular weight excluding hydrogens is 214 g/mol. The summed E-state index contributed by atoms with van der Waals surface area (Å²) in [4.78, 5) is 15.1. The molecule has 0 spiro atoms. The monoisotopic (exact) mass is 231 g/mol. The van der Waals surface area contributed by atoms with Gasteiger partial charge in [0.05, 0.1) is 18.4 Å². The molecule has 1 aromatic rings. The molecule has 2 heterocycles. The highest BCUT2D eigenvalue weighted by Crippen LogP contribution is 2.37. The van der Waals surface area contributed by atoms with Gasteiger partial charge in [0.1, 0.15) is 5.54 Å². The van der Waals surface area contributed by atoms with Gasteiger partial charge >= 0.3 is 0 Å². The van der Waals surface area contributed by atoms with Gasteiger partial charge in [-0.3, -0.25) is 15.0 Å². The fourth-order valence-electron chi connectivity index (χ4n) is 2.31. The summed E-state index contributed by atoms with van der Waals surface area (Å²) < 4.78 is 0. The Bertz CT molecular complexity index is 439. The predicted molar refractivity (Wildman–Crippen MR) is 65.3 cm³/mol. The summed E-state index contributed by atoms with van der Waals surface area (Å²) in [6, 6.07) is 0. The van der Waals surface area contributed by atoms with Crippen molar-refractivity contribution in [1.29, 1.82) is 0 Å². The lowest BCUT2D eigenvalue weighted by molar-refractivity contribution is 0.210. The summed E-state index contributed by atoms with van der Waals surface area (Å²) in [6.45, 7) is 3.80. The van der Waals surface area contributed by atoms with Gasteiger partial charge in [-0.05, 0) is 25.7 Å². The smallest absolute Gasteiger partial charge is 0.192 e. The number of aliphatic imine (C=N–C) groups is 1. The van der Waals surface area contributed by atoms with Crippen LogP contribution >= 0.6 is 0 Å². The highest BCUT2D eigenvalue weighted by atomic mass is 15.4. The van der Waals surface area contributed by atoms with Crippen LogP contribution in [0.25, 0.3) is 0 Å². The maximum atomic E-state index is 6.00. The minimum absolute atomic E-state index is 0.221. The van der Waals surface area contributed by atoms with Crippen molar-refractivity contribution in [2.75, 3.05) is 13.1 Å².